The van der Waals surface area contributed by atoms with Crippen LogP contribution >= 0.6 is 0 Å². The largest absolute Gasteiger partial charge is 0.489 e. The van der Waals surface area contributed by atoms with Gasteiger partial charge in [-0.15, -0.1) is 0 Å². The summed E-state index contributed by atoms with van der Waals surface area (Å²) in [6.07, 6.45) is 3.85. The number of rotatable bonds is 4. The maximum Gasteiger partial charge on any atom is 0.142 e. The summed E-state index contributed by atoms with van der Waals surface area (Å²) in [6.45, 7) is 9.39. The lowest BCUT2D eigenvalue weighted by atomic mass is 10.2. The first-order valence-corrected chi connectivity index (χ1v) is 6.28. The van der Waals surface area contributed by atoms with E-state index >= 15 is 0 Å². The third kappa shape index (κ3) is 3.68. The van der Waals surface area contributed by atoms with Crippen molar-refractivity contribution in [2.75, 3.05) is 26.2 Å². The molecule has 1 saturated heterocycles. The van der Waals surface area contributed by atoms with Gasteiger partial charge in [-0.3, -0.25) is 9.88 Å². The van der Waals surface area contributed by atoms with E-state index in [-0.39, 0.29) is 6.10 Å². The molecule has 2 heterocycles. The third-order valence-corrected chi connectivity index (χ3v) is 2.84. The van der Waals surface area contributed by atoms with Crippen LogP contribution in [0.5, 0.6) is 5.75 Å². The van der Waals surface area contributed by atoms with Crippen LogP contribution in [0.2, 0.25) is 0 Å². The van der Waals surface area contributed by atoms with Crippen LogP contribution in [-0.4, -0.2) is 42.2 Å². The average Bonchev–Trinajstić information content (AvgIpc) is 2.32. The highest BCUT2D eigenvalue weighted by atomic mass is 16.5. The minimum absolute atomic E-state index is 0.195. The van der Waals surface area contributed by atoms with E-state index in [0.717, 1.165) is 38.5 Å². The Balaban J connectivity index is 2.03. The molecule has 4 heteroatoms. The van der Waals surface area contributed by atoms with E-state index in [1.54, 1.807) is 0 Å². The van der Waals surface area contributed by atoms with Crippen molar-refractivity contribution in [3.63, 3.8) is 0 Å². The fourth-order valence-corrected chi connectivity index (χ4v) is 2.01. The van der Waals surface area contributed by atoms with Crippen molar-refractivity contribution in [2.24, 2.45) is 0 Å². The van der Waals surface area contributed by atoms with Gasteiger partial charge < -0.3 is 10.1 Å². The van der Waals surface area contributed by atoms with Crippen LogP contribution in [0.4, 0.5) is 0 Å². The number of piperazine rings is 1. The molecule has 1 aromatic heterocycles. The Bertz CT molecular complexity index is 348. The Morgan fingerprint density at radius 2 is 2.18 bits per heavy atom. The van der Waals surface area contributed by atoms with Crippen LogP contribution in [0.1, 0.15) is 19.4 Å². The van der Waals surface area contributed by atoms with Crippen LogP contribution in [0.15, 0.2) is 18.5 Å². The second kappa shape index (κ2) is 5.98. The zero-order chi connectivity index (χ0) is 12.1. The van der Waals surface area contributed by atoms with Gasteiger partial charge in [-0.2, -0.15) is 0 Å². The molecule has 0 aromatic carbocycles. The molecule has 4 nitrogen and oxygen atoms in total. The summed E-state index contributed by atoms with van der Waals surface area (Å²) in [5, 5.41) is 3.36. The Labute approximate surface area is 103 Å². The average molecular weight is 235 g/mol. The maximum atomic E-state index is 5.78. The number of hydrogen-bond acceptors (Lipinski definition) is 4. The molecule has 2 rings (SSSR count). The number of pyridine rings is 1. The normalized spacial score (nSPS) is 17.4. The van der Waals surface area contributed by atoms with Crippen LogP contribution in [-0.2, 0) is 6.54 Å². The van der Waals surface area contributed by atoms with Crippen molar-refractivity contribution in [1.82, 2.24) is 15.2 Å². The van der Waals surface area contributed by atoms with Crippen molar-refractivity contribution in [2.45, 2.75) is 26.5 Å². The van der Waals surface area contributed by atoms with Crippen molar-refractivity contribution in [3.05, 3.63) is 24.0 Å². The van der Waals surface area contributed by atoms with Gasteiger partial charge in [0.1, 0.15) is 5.75 Å². The monoisotopic (exact) mass is 235 g/mol. The summed E-state index contributed by atoms with van der Waals surface area (Å²) in [7, 11) is 0. The van der Waals surface area contributed by atoms with E-state index in [2.05, 4.69) is 21.3 Å². The van der Waals surface area contributed by atoms with Crippen molar-refractivity contribution in [3.8, 4) is 5.75 Å². The summed E-state index contributed by atoms with van der Waals surface area (Å²) in [5.41, 5.74) is 1.23. The van der Waals surface area contributed by atoms with E-state index in [0.29, 0.717) is 0 Å². The lowest BCUT2D eigenvalue weighted by molar-refractivity contribution is 0.214. The first-order chi connectivity index (χ1) is 8.25. The molecular weight excluding hydrogens is 214 g/mol. The van der Waals surface area contributed by atoms with Gasteiger partial charge >= 0.3 is 0 Å². The predicted molar refractivity (Wildman–Crippen MR) is 68.1 cm³/mol. The zero-order valence-corrected chi connectivity index (χ0v) is 10.6. The molecule has 1 aliphatic heterocycles. The van der Waals surface area contributed by atoms with Crippen molar-refractivity contribution < 1.29 is 4.74 Å². The first kappa shape index (κ1) is 12.3. The number of ether oxygens (including phenoxy) is 1. The van der Waals surface area contributed by atoms with Gasteiger partial charge in [-0.1, -0.05) is 0 Å². The van der Waals surface area contributed by atoms with Crippen molar-refractivity contribution >= 4 is 0 Å². The van der Waals surface area contributed by atoms with Gasteiger partial charge in [0.25, 0.3) is 0 Å². The molecule has 17 heavy (non-hydrogen) atoms. The molecular formula is C13H21N3O. The van der Waals surface area contributed by atoms with E-state index < -0.39 is 0 Å². The smallest absolute Gasteiger partial charge is 0.142 e. The van der Waals surface area contributed by atoms with Gasteiger partial charge in [0.05, 0.1) is 12.3 Å². The summed E-state index contributed by atoms with van der Waals surface area (Å²) in [5.74, 6) is 0.918. The van der Waals surface area contributed by atoms with E-state index in [9.17, 15) is 0 Å². The zero-order valence-electron chi connectivity index (χ0n) is 10.6. The van der Waals surface area contributed by atoms with Gasteiger partial charge in [-0.05, 0) is 19.9 Å². The molecule has 0 atom stereocenters. The highest BCUT2D eigenvalue weighted by molar-refractivity contribution is 5.29. The van der Waals surface area contributed by atoms with Gasteiger partial charge in [0, 0.05) is 44.5 Å². The van der Waals surface area contributed by atoms with Gasteiger partial charge in [0.15, 0.2) is 0 Å². The molecule has 0 bridgehead atoms. The lowest BCUT2D eigenvalue weighted by Crippen LogP contribution is -2.42. The molecule has 1 N–H and O–H groups in total. The number of nitrogens with zero attached hydrogens (tertiary/aromatic N) is 2. The second-order valence-electron chi connectivity index (χ2n) is 4.68. The fraction of sp³-hybridized carbons (Fsp3) is 0.615. The van der Waals surface area contributed by atoms with Crippen LogP contribution in [0.3, 0.4) is 0 Å². The molecule has 0 saturated carbocycles. The molecule has 0 amide bonds. The molecule has 0 spiro atoms. The molecule has 0 aliphatic carbocycles. The third-order valence-electron chi connectivity index (χ3n) is 2.84. The van der Waals surface area contributed by atoms with Gasteiger partial charge in [0.2, 0.25) is 0 Å². The van der Waals surface area contributed by atoms with Crippen LogP contribution < -0.4 is 10.1 Å². The van der Waals surface area contributed by atoms with E-state index in [1.165, 1.54) is 5.56 Å². The first-order valence-electron chi connectivity index (χ1n) is 6.28. The van der Waals surface area contributed by atoms with E-state index in [1.807, 2.05) is 26.2 Å². The Kier molecular flexibility index (Phi) is 4.34. The quantitative estimate of drug-likeness (QED) is 0.853. The minimum Gasteiger partial charge on any atom is -0.489 e. The predicted octanol–water partition coefficient (Wildman–Crippen LogP) is 1.27. The molecule has 1 aliphatic rings. The minimum atomic E-state index is 0.195. The Hall–Kier alpha value is -1.13. The standard InChI is InChI=1S/C13H21N3O/c1-11(2)17-13-9-15-4-3-12(13)10-16-7-5-14-6-8-16/h3-4,9,11,14H,5-8,10H2,1-2H3. The summed E-state index contributed by atoms with van der Waals surface area (Å²) in [4.78, 5) is 6.58. The molecule has 0 unspecified atom stereocenters. The Morgan fingerprint density at radius 3 is 2.88 bits per heavy atom. The van der Waals surface area contributed by atoms with E-state index in [4.69, 9.17) is 4.74 Å². The molecule has 0 radical (unpaired) electrons. The number of nitrogens with one attached hydrogen (secondary N) is 1. The fourth-order valence-electron chi connectivity index (χ4n) is 2.01. The number of hydrogen-bond donors (Lipinski definition) is 1. The maximum absolute atomic E-state index is 5.78. The molecule has 1 aromatic rings. The lowest BCUT2D eigenvalue weighted by Gasteiger charge is -2.28. The number of aromatic nitrogens is 1. The highest BCUT2D eigenvalue weighted by Gasteiger charge is 2.13. The van der Waals surface area contributed by atoms with Gasteiger partial charge in [-0.25, -0.2) is 0 Å². The van der Waals surface area contributed by atoms with Crippen LogP contribution in [0, 0.1) is 0 Å². The molecule has 1 fully saturated rings. The summed E-state index contributed by atoms with van der Waals surface area (Å²) in [6, 6.07) is 2.06. The second-order valence-corrected chi connectivity index (χ2v) is 4.68. The summed E-state index contributed by atoms with van der Waals surface area (Å²) < 4.78 is 5.78. The van der Waals surface area contributed by atoms with Crippen LogP contribution in [0.25, 0.3) is 0 Å². The topological polar surface area (TPSA) is 37.4 Å². The SMILES string of the molecule is CC(C)Oc1cnccc1CN1CCNCC1. The van der Waals surface area contributed by atoms with Crippen molar-refractivity contribution in [1.29, 1.82) is 0 Å². The molecule has 94 valence electrons. The Morgan fingerprint density at radius 1 is 1.41 bits per heavy atom. The summed E-state index contributed by atoms with van der Waals surface area (Å²) >= 11 is 0. The highest BCUT2D eigenvalue weighted by Crippen LogP contribution is 2.19.